The van der Waals surface area contributed by atoms with E-state index in [2.05, 4.69) is 10.2 Å². The van der Waals surface area contributed by atoms with Gasteiger partial charge < -0.3 is 4.57 Å². The summed E-state index contributed by atoms with van der Waals surface area (Å²) >= 11 is 5.06. The number of hydrogen-bond donors (Lipinski definition) is 1. The van der Waals surface area contributed by atoms with Gasteiger partial charge in [-0.1, -0.05) is 0 Å². The van der Waals surface area contributed by atoms with E-state index in [0.717, 1.165) is 12.2 Å². The van der Waals surface area contributed by atoms with Gasteiger partial charge in [-0.05, 0) is 31.5 Å². The number of aromatic amines is 1. The molecule has 0 amide bonds. The van der Waals surface area contributed by atoms with Crippen LogP contribution < -0.4 is 0 Å². The zero-order chi connectivity index (χ0) is 11.1. The fourth-order valence-electron chi connectivity index (χ4n) is 1.89. The molecule has 0 radical (unpaired) electrons. The lowest BCUT2D eigenvalue weighted by Crippen LogP contribution is -2.13. The first-order chi connectivity index (χ1) is 6.98. The SMILES string of the molecule is Cc1n[nH]c(=S)n1CC1CCS(=O)(=O)C1. The van der Waals surface area contributed by atoms with E-state index in [1.54, 1.807) is 0 Å². The van der Waals surface area contributed by atoms with E-state index in [0.29, 0.717) is 17.1 Å². The highest BCUT2D eigenvalue weighted by Gasteiger charge is 2.28. The molecule has 2 rings (SSSR count). The van der Waals surface area contributed by atoms with Crippen molar-refractivity contribution in [3.63, 3.8) is 0 Å². The summed E-state index contributed by atoms with van der Waals surface area (Å²) in [6, 6.07) is 0. The van der Waals surface area contributed by atoms with Gasteiger partial charge in [0.25, 0.3) is 0 Å². The molecule has 0 bridgehead atoms. The predicted molar refractivity (Wildman–Crippen MR) is 58.9 cm³/mol. The van der Waals surface area contributed by atoms with E-state index >= 15 is 0 Å². The summed E-state index contributed by atoms with van der Waals surface area (Å²) in [6.07, 6.45) is 0.731. The van der Waals surface area contributed by atoms with Crippen molar-refractivity contribution in [2.75, 3.05) is 11.5 Å². The Morgan fingerprint density at radius 2 is 2.40 bits per heavy atom. The van der Waals surface area contributed by atoms with E-state index in [-0.39, 0.29) is 11.7 Å². The molecule has 1 N–H and O–H groups in total. The maximum absolute atomic E-state index is 11.3. The molecule has 1 atom stereocenters. The standard InChI is InChI=1S/C8H13N3O2S2/c1-6-9-10-8(14)11(6)4-7-2-3-15(12,13)5-7/h7H,2-5H2,1H3,(H,10,14). The van der Waals surface area contributed by atoms with Gasteiger partial charge in [0.05, 0.1) is 11.5 Å². The molecule has 84 valence electrons. The molecule has 1 aromatic heterocycles. The van der Waals surface area contributed by atoms with Crippen LogP contribution in [0.2, 0.25) is 0 Å². The highest BCUT2D eigenvalue weighted by molar-refractivity contribution is 7.91. The lowest BCUT2D eigenvalue weighted by atomic mass is 10.1. The first-order valence-corrected chi connectivity index (χ1v) is 7.03. The maximum Gasteiger partial charge on any atom is 0.195 e. The Labute approximate surface area is 93.4 Å². The highest BCUT2D eigenvalue weighted by Crippen LogP contribution is 2.20. The monoisotopic (exact) mass is 247 g/mol. The quantitative estimate of drug-likeness (QED) is 0.781. The fraction of sp³-hybridized carbons (Fsp3) is 0.750. The van der Waals surface area contributed by atoms with Gasteiger partial charge in [0.1, 0.15) is 5.82 Å². The molecule has 5 nitrogen and oxygen atoms in total. The number of H-pyrrole nitrogens is 1. The highest BCUT2D eigenvalue weighted by atomic mass is 32.2. The van der Waals surface area contributed by atoms with Crippen LogP contribution in [0.4, 0.5) is 0 Å². The number of nitrogens with zero attached hydrogens (tertiary/aromatic N) is 2. The molecule has 1 aliphatic heterocycles. The summed E-state index contributed by atoms with van der Waals surface area (Å²) in [5, 5.41) is 6.69. The zero-order valence-electron chi connectivity index (χ0n) is 8.43. The van der Waals surface area contributed by atoms with Crippen LogP contribution in [0.1, 0.15) is 12.2 Å². The van der Waals surface area contributed by atoms with Crippen molar-refractivity contribution in [2.45, 2.75) is 19.9 Å². The number of aromatic nitrogens is 3. The molecule has 0 saturated carbocycles. The minimum Gasteiger partial charge on any atom is -0.304 e. The molecule has 0 aromatic carbocycles. The van der Waals surface area contributed by atoms with E-state index in [1.807, 2.05) is 11.5 Å². The second kappa shape index (κ2) is 3.71. The van der Waals surface area contributed by atoms with Crippen molar-refractivity contribution in [1.29, 1.82) is 0 Å². The third kappa shape index (κ3) is 2.28. The lowest BCUT2D eigenvalue weighted by Gasteiger charge is -2.08. The van der Waals surface area contributed by atoms with Crippen molar-refractivity contribution in [1.82, 2.24) is 14.8 Å². The number of rotatable bonds is 2. The van der Waals surface area contributed by atoms with Gasteiger partial charge in [0, 0.05) is 6.54 Å². The Kier molecular flexibility index (Phi) is 2.68. The summed E-state index contributed by atoms with van der Waals surface area (Å²) in [7, 11) is -2.80. The largest absolute Gasteiger partial charge is 0.304 e. The van der Waals surface area contributed by atoms with Crippen LogP contribution in [-0.2, 0) is 16.4 Å². The molecule has 2 heterocycles. The van der Waals surface area contributed by atoms with Crippen molar-refractivity contribution in [2.24, 2.45) is 5.92 Å². The summed E-state index contributed by atoms with van der Waals surface area (Å²) in [5.74, 6) is 1.57. The summed E-state index contributed by atoms with van der Waals surface area (Å²) < 4.78 is 25.0. The third-order valence-corrected chi connectivity index (χ3v) is 4.87. The van der Waals surface area contributed by atoms with Gasteiger partial charge in [-0.15, -0.1) is 0 Å². The first kappa shape index (κ1) is 10.8. The van der Waals surface area contributed by atoms with Crippen LogP contribution >= 0.6 is 12.2 Å². The molecule has 1 saturated heterocycles. The lowest BCUT2D eigenvalue weighted by molar-refractivity contribution is 0.479. The molecular weight excluding hydrogens is 234 g/mol. The summed E-state index contributed by atoms with van der Waals surface area (Å²) in [4.78, 5) is 0. The molecule has 1 fully saturated rings. The molecule has 15 heavy (non-hydrogen) atoms. The Bertz CT molecular complexity index is 514. The van der Waals surface area contributed by atoms with Gasteiger partial charge in [0.15, 0.2) is 14.6 Å². The predicted octanol–water partition coefficient (Wildman–Crippen LogP) is 0.684. The Morgan fingerprint density at radius 1 is 1.67 bits per heavy atom. The normalized spacial score (nSPS) is 24.5. The van der Waals surface area contributed by atoms with Crippen molar-refractivity contribution >= 4 is 22.1 Å². The number of sulfone groups is 1. The van der Waals surface area contributed by atoms with E-state index < -0.39 is 9.84 Å². The van der Waals surface area contributed by atoms with Crippen LogP contribution in [0.15, 0.2) is 0 Å². The van der Waals surface area contributed by atoms with Gasteiger partial charge in [-0.3, -0.25) is 5.10 Å². The molecule has 1 unspecified atom stereocenters. The number of aryl methyl sites for hydroxylation is 1. The Balaban J connectivity index is 2.15. The molecule has 0 spiro atoms. The Morgan fingerprint density at radius 3 is 2.87 bits per heavy atom. The van der Waals surface area contributed by atoms with Gasteiger partial charge >= 0.3 is 0 Å². The van der Waals surface area contributed by atoms with Gasteiger partial charge in [0.2, 0.25) is 0 Å². The maximum atomic E-state index is 11.3. The molecule has 1 aromatic rings. The van der Waals surface area contributed by atoms with Crippen molar-refractivity contribution < 1.29 is 8.42 Å². The van der Waals surface area contributed by atoms with E-state index in [1.165, 1.54) is 0 Å². The molecule has 1 aliphatic rings. The van der Waals surface area contributed by atoms with Gasteiger partial charge in [-0.2, -0.15) is 5.10 Å². The summed E-state index contributed by atoms with van der Waals surface area (Å²) in [5.41, 5.74) is 0. The molecule has 0 aliphatic carbocycles. The second-order valence-corrected chi connectivity index (χ2v) is 6.57. The smallest absolute Gasteiger partial charge is 0.195 e. The minimum atomic E-state index is -2.80. The van der Waals surface area contributed by atoms with Crippen molar-refractivity contribution in [3.8, 4) is 0 Å². The average molecular weight is 247 g/mol. The number of nitrogens with one attached hydrogen (secondary N) is 1. The molecule has 7 heteroatoms. The van der Waals surface area contributed by atoms with Crippen molar-refractivity contribution in [3.05, 3.63) is 10.6 Å². The topological polar surface area (TPSA) is 67.8 Å². The van der Waals surface area contributed by atoms with Crippen LogP contribution in [0.3, 0.4) is 0 Å². The fourth-order valence-corrected chi connectivity index (χ4v) is 3.99. The van der Waals surface area contributed by atoms with Gasteiger partial charge in [-0.25, -0.2) is 8.42 Å². The second-order valence-electron chi connectivity index (χ2n) is 3.96. The van der Waals surface area contributed by atoms with Crippen LogP contribution in [-0.4, -0.2) is 34.7 Å². The number of hydrogen-bond acceptors (Lipinski definition) is 4. The minimum absolute atomic E-state index is 0.179. The zero-order valence-corrected chi connectivity index (χ0v) is 10.1. The average Bonchev–Trinajstić information content (AvgIpc) is 2.63. The van der Waals surface area contributed by atoms with E-state index in [9.17, 15) is 8.42 Å². The van der Waals surface area contributed by atoms with Crippen LogP contribution in [0, 0.1) is 17.6 Å². The van der Waals surface area contributed by atoms with Crippen LogP contribution in [0.25, 0.3) is 0 Å². The van der Waals surface area contributed by atoms with Crippen LogP contribution in [0.5, 0.6) is 0 Å². The third-order valence-electron chi connectivity index (χ3n) is 2.72. The summed E-state index contributed by atoms with van der Waals surface area (Å²) in [6.45, 7) is 2.51. The molecular formula is C8H13N3O2S2. The van der Waals surface area contributed by atoms with E-state index in [4.69, 9.17) is 12.2 Å². The first-order valence-electron chi connectivity index (χ1n) is 4.80. The Hall–Kier alpha value is -0.690.